The van der Waals surface area contributed by atoms with Gasteiger partial charge in [-0.2, -0.15) is 0 Å². The van der Waals surface area contributed by atoms with E-state index in [9.17, 15) is 4.79 Å². The van der Waals surface area contributed by atoms with Crippen LogP contribution in [0, 0.1) is 0 Å². The van der Waals surface area contributed by atoms with Gasteiger partial charge in [-0.05, 0) is 41.1 Å². The number of nitrogens with zero attached hydrogens (tertiary/aromatic N) is 1. The smallest absolute Gasteiger partial charge is 0.248 e. The van der Waals surface area contributed by atoms with Crippen molar-refractivity contribution in [3.8, 4) is 11.1 Å². The van der Waals surface area contributed by atoms with E-state index in [1.165, 1.54) is 16.5 Å². The van der Waals surface area contributed by atoms with Crippen LogP contribution >= 0.6 is 11.3 Å². The summed E-state index contributed by atoms with van der Waals surface area (Å²) in [6, 6.07) is 5.94. The second-order valence-corrected chi connectivity index (χ2v) is 5.46. The van der Waals surface area contributed by atoms with Crippen LogP contribution in [0.3, 0.4) is 0 Å². The van der Waals surface area contributed by atoms with E-state index in [1.54, 1.807) is 23.6 Å². The summed E-state index contributed by atoms with van der Waals surface area (Å²) in [5, 5.41) is 4.76. The van der Waals surface area contributed by atoms with Gasteiger partial charge in [0, 0.05) is 16.6 Å². The molecule has 0 atom stereocenters. The molecule has 0 spiro atoms. The molecule has 4 heteroatoms. The van der Waals surface area contributed by atoms with Crippen molar-refractivity contribution >= 4 is 23.1 Å². The van der Waals surface area contributed by atoms with E-state index in [-0.39, 0.29) is 5.91 Å². The number of nitrogens with one attached hydrogen (secondary N) is 1. The van der Waals surface area contributed by atoms with Crippen molar-refractivity contribution in [2.45, 2.75) is 19.8 Å². The molecular formula is C15H16N2OS. The van der Waals surface area contributed by atoms with Gasteiger partial charge in [-0.15, -0.1) is 11.3 Å². The zero-order chi connectivity index (χ0) is 13.8. The van der Waals surface area contributed by atoms with E-state index >= 15 is 0 Å². The molecule has 0 radical (unpaired) electrons. The number of hydrogen-bond donors (Lipinski definition) is 1. The highest BCUT2D eigenvalue weighted by molar-refractivity contribution is 7.10. The standard InChI is InChI=1S/C15H16N2OS/c1-4-15(18)17-14-6-5-11(8-16-14)12-7-13(10(2)3)19-9-12/h4-10H,1H2,2-3H3,(H,16,17,18). The number of rotatable bonds is 4. The summed E-state index contributed by atoms with van der Waals surface area (Å²) in [5.74, 6) is 0.823. The minimum Gasteiger partial charge on any atom is -0.307 e. The van der Waals surface area contributed by atoms with Crippen LogP contribution in [0.25, 0.3) is 11.1 Å². The first kappa shape index (κ1) is 13.5. The Bertz CT molecular complexity index is 584. The molecule has 1 N–H and O–H groups in total. The topological polar surface area (TPSA) is 42.0 Å². The maximum absolute atomic E-state index is 11.1. The zero-order valence-electron chi connectivity index (χ0n) is 11.0. The number of aromatic nitrogens is 1. The maximum atomic E-state index is 11.1. The number of carbonyl (C=O) groups is 1. The fourth-order valence-electron chi connectivity index (χ4n) is 1.62. The monoisotopic (exact) mass is 272 g/mol. The molecule has 0 aliphatic rings. The van der Waals surface area contributed by atoms with Gasteiger partial charge in [0.25, 0.3) is 0 Å². The number of pyridine rings is 1. The third-order valence-corrected chi connectivity index (χ3v) is 3.96. The summed E-state index contributed by atoms with van der Waals surface area (Å²) in [6.45, 7) is 7.77. The van der Waals surface area contributed by atoms with Gasteiger partial charge in [0.2, 0.25) is 5.91 Å². The third kappa shape index (κ3) is 3.29. The summed E-state index contributed by atoms with van der Waals surface area (Å²) in [5.41, 5.74) is 2.22. The van der Waals surface area contributed by atoms with Gasteiger partial charge in [0.15, 0.2) is 0 Å². The summed E-state index contributed by atoms with van der Waals surface area (Å²) < 4.78 is 0. The lowest BCUT2D eigenvalue weighted by Crippen LogP contribution is -2.08. The van der Waals surface area contributed by atoms with Crippen LogP contribution < -0.4 is 5.32 Å². The van der Waals surface area contributed by atoms with E-state index in [1.807, 2.05) is 6.07 Å². The van der Waals surface area contributed by atoms with Gasteiger partial charge in [-0.1, -0.05) is 20.4 Å². The Morgan fingerprint density at radius 1 is 1.42 bits per heavy atom. The van der Waals surface area contributed by atoms with Crippen LogP contribution in [0.4, 0.5) is 5.82 Å². The van der Waals surface area contributed by atoms with Gasteiger partial charge in [-0.3, -0.25) is 4.79 Å². The second-order valence-electron chi connectivity index (χ2n) is 4.52. The molecule has 0 aliphatic carbocycles. The molecule has 0 aromatic carbocycles. The second kappa shape index (κ2) is 5.80. The fourth-order valence-corrected chi connectivity index (χ4v) is 2.56. The van der Waals surface area contributed by atoms with Crippen LogP contribution in [-0.2, 0) is 4.79 Å². The normalized spacial score (nSPS) is 10.5. The highest BCUT2D eigenvalue weighted by Crippen LogP contribution is 2.29. The average molecular weight is 272 g/mol. The number of thiophene rings is 1. The number of carbonyl (C=O) groups excluding carboxylic acids is 1. The minimum absolute atomic E-state index is 0.252. The van der Waals surface area contributed by atoms with Gasteiger partial charge in [0.05, 0.1) is 0 Å². The number of anilines is 1. The van der Waals surface area contributed by atoms with E-state index in [0.717, 1.165) is 5.56 Å². The Labute approximate surface area is 117 Å². The minimum atomic E-state index is -0.252. The molecule has 0 unspecified atom stereocenters. The molecule has 19 heavy (non-hydrogen) atoms. The average Bonchev–Trinajstić information content (AvgIpc) is 2.89. The lowest BCUT2D eigenvalue weighted by molar-refractivity contribution is -0.111. The van der Waals surface area contributed by atoms with Crippen LogP contribution in [-0.4, -0.2) is 10.9 Å². The summed E-state index contributed by atoms with van der Waals surface area (Å²) in [6.07, 6.45) is 2.99. The first-order valence-electron chi connectivity index (χ1n) is 6.08. The van der Waals surface area contributed by atoms with E-state index < -0.39 is 0 Å². The molecule has 3 nitrogen and oxygen atoms in total. The van der Waals surface area contributed by atoms with E-state index in [2.05, 4.69) is 42.2 Å². The molecule has 2 rings (SSSR count). The zero-order valence-corrected chi connectivity index (χ0v) is 11.8. The molecule has 0 aliphatic heterocycles. The van der Waals surface area contributed by atoms with E-state index in [0.29, 0.717) is 11.7 Å². The van der Waals surface area contributed by atoms with Crippen LogP contribution in [0.15, 0.2) is 42.4 Å². The molecule has 2 aromatic rings. The van der Waals surface area contributed by atoms with Crippen molar-refractivity contribution in [1.29, 1.82) is 0 Å². The summed E-state index contributed by atoms with van der Waals surface area (Å²) in [7, 11) is 0. The lowest BCUT2D eigenvalue weighted by atomic mass is 10.1. The number of hydrogen-bond acceptors (Lipinski definition) is 3. The molecular weight excluding hydrogens is 256 g/mol. The molecule has 2 aromatic heterocycles. The Morgan fingerprint density at radius 2 is 2.21 bits per heavy atom. The Morgan fingerprint density at radius 3 is 2.74 bits per heavy atom. The predicted molar refractivity (Wildman–Crippen MR) is 80.5 cm³/mol. The van der Waals surface area contributed by atoms with Gasteiger partial charge in [-0.25, -0.2) is 4.98 Å². The van der Waals surface area contributed by atoms with Crippen molar-refractivity contribution in [1.82, 2.24) is 4.98 Å². The van der Waals surface area contributed by atoms with Crippen molar-refractivity contribution in [2.24, 2.45) is 0 Å². The van der Waals surface area contributed by atoms with Gasteiger partial charge < -0.3 is 5.32 Å². The van der Waals surface area contributed by atoms with Crippen molar-refractivity contribution in [2.75, 3.05) is 5.32 Å². The van der Waals surface area contributed by atoms with Crippen LogP contribution in [0.5, 0.6) is 0 Å². The largest absolute Gasteiger partial charge is 0.307 e. The van der Waals surface area contributed by atoms with Crippen molar-refractivity contribution in [3.63, 3.8) is 0 Å². The molecule has 2 heterocycles. The van der Waals surface area contributed by atoms with E-state index in [4.69, 9.17) is 0 Å². The molecule has 1 amide bonds. The molecule has 98 valence electrons. The summed E-state index contributed by atoms with van der Waals surface area (Å²) in [4.78, 5) is 16.7. The molecule has 0 bridgehead atoms. The van der Waals surface area contributed by atoms with Crippen molar-refractivity contribution in [3.05, 3.63) is 47.3 Å². The predicted octanol–water partition coefficient (Wildman–Crippen LogP) is 4.06. The van der Waals surface area contributed by atoms with Gasteiger partial charge >= 0.3 is 0 Å². The van der Waals surface area contributed by atoms with Crippen molar-refractivity contribution < 1.29 is 4.79 Å². The first-order valence-corrected chi connectivity index (χ1v) is 6.96. The number of amides is 1. The Hall–Kier alpha value is -1.94. The van der Waals surface area contributed by atoms with Gasteiger partial charge in [0.1, 0.15) is 5.82 Å². The first-order chi connectivity index (χ1) is 9.10. The quantitative estimate of drug-likeness (QED) is 0.853. The molecule has 0 fully saturated rings. The highest BCUT2D eigenvalue weighted by Gasteiger charge is 2.06. The Balaban J connectivity index is 2.17. The third-order valence-electron chi connectivity index (χ3n) is 2.72. The fraction of sp³-hybridized carbons (Fsp3) is 0.200. The maximum Gasteiger partial charge on any atom is 0.248 e. The van der Waals surface area contributed by atoms with Crippen LogP contribution in [0.2, 0.25) is 0 Å². The lowest BCUT2D eigenvalue weighted by Gasteiger charge is -2.02. The molecule has 0 saturated carbocycles. The summed E-state index contributed by atoms with van der Waals surface area (Å²) >= 11 is 1.76. The highest BCUT2D eigenvalue weighted by atomic mass is 32.1. The SMILES string of the molecule is C=CC(=O)Nc1ccc(-c2csc(C(C)C)c2)cn1. The Kier molecular flexibility index (Phi) is 4.12. The molecule has 0 saturated heterocycles. The van der Waals surface area contributed by atoms with Crippen LogP contribution in [0.1, 0.15) is 24.6 Å².